The second-order valence-corrected chi connectivity index (χ2v) is 6.04. The molecule has 0 atom stereocenters. The zero-order valence-corrected chi connectivity index (χ0v) is 14.5. The van der Waals surface area contributed by atoms with E-state index in [0.29, 0.717) is 24.6 Å². The van der Waals surface area contributed by atoms with E-state index in [4.69, 9.17) is 0 Å². The molecule has 6 heteroatoms. The Morgan fingerprint density at radius 2 is 2.04 bits per heavy atom. The number of benzene rings is 1. The van der Waals surface area contributed by atoms with E-state index in [1.54, 1.807) is 6.07 Å². The van der Waals surface area contributed by atoms with Gasteiger partial charge in [0.25, 0.3) is 5.91 Å². The van der Waals surface area contributed by atoms with Crippen LogP contribution in [0.25, 0.3) is 0 Å². The number of carbonyl (C=O) groups is 1. The van der Waals surface area contributed by atoms with Crippen LogP contribution in [0.4, 0.5) is 5.82 Å². The summed E-state index contributed by atoms with van der Waals surface area (Å²) in [4.78, 5) is 22.4. The number of nitrogens with one attached hydrogen (secondary N) is 2. The SMILES string of the molecule is Cc1cccc(CNc2cc(C(=O)NCCCN(C)C)ncn2)c1. The molecule has 0 unspecified atom stereocenters. The lowest BCUT2D eigenvalue weighted by atomic mass is 10.1. The Morgan fingerprint density at radius 1 is 1.21 bits per heavy atom. The first-order chi connectivity index (χ1) is 11.5. The number of amides is 1. The molecule has 1 aromatic carbocycles. The van der Waals surface area contributed by atoms with Crippen LogP contribution in [0.1, 0.15) is 28.0 Å². The molecule has 0 aliphatic heterocycles. The van der Waals surface area contributed by atoms with Crippen molar-refractivity contribution in [3.63, 3.8) is 0 Å². The van der Waals surface area contributed by atoms with Crippen LogP contribution >= 0.6 is 0 Å². The highest BCUT2D eigenvalue weighted by Crippen LogP contribution is 2.09. The highest BCUT2D eigenvalue weighted by atomic mass is 16.1. The summed E-state index contributed by atoms with van der Waals surface area (Å²) in [5.74, 6) is 0.472. The minimum absolute atomic E-state index is 0.172. The molecule has 0 fully saturated rings. The van der Waals surface area contributed by atoms with Crippen molar-refractivity contribution in [2.75, 3.05) is 32.5 Å². The average Bonchev–Trinajstić information content (AvgIpc) is 2.57. The topological polar surface area (TPSA) is 70.2 Å². The summed E-state index contributed by atoms with van der Waals surface area (Å²) in [6.45, 7) is 4.29. The Labute approximate surface area is 143 Å². The number of aromatic nitrogens is 2. The van der Waals surface area contributed by atoms with Gasteiger partial charge in [-0.05, 0) is 39.5 Å². The van der Waals surface area contributed by atoms with E-state index in [9.17, 15) is 4.79 Å². The van der Waals surface area contributed by atoms with Gasteiger partial charge in [0.2, 0.25) is 0 Å². The predicted molar refractivity (Wildman–Crippen MR) is 96.0 cm³/mol. The second-order valence-electron chi connectivity index (χ2n) is 6.04. The zero-order chi connectivity index (χ0) is 17.4. The van der Waals surface area contributed by atoms with Crippen molar-refractivity contribution in [3.05, 3.63) is 53.5 Å². The third-order valence-corrected chi connectivity index (χ3v) is 3.52. The van der Waals surface area contributed by atoms with Crippen LogP contribution in [0.3, 0.4) is 0 Å². The molecule has 0 aliphatic carbocycles. The van der Waals surface area contributed by atoms with E-state index >= 15 is 0 Å². The smallest absolute Gasteiger partial charge is 0.270 e. The van der Waals surface area contributed by atoms with Crippen molar-refractivity contribution in [2.24, 2.45) is 0 Å². The molecule has 0 bridgehead atoms. The van der Waals surface area contributed by atoms with E-state index in [1.807, 2.05) is 20.2 Å². The Bertz CT molecular complexity index is 672. The van der Waals surface area contributed by atoms with Crippen LogP contribution in [-0.2, 0) is 6.54 Å². The Morgan fingerprint density at radius 3 is 2.79 bits per heavy atom. The third-order valence-electron chi connectivity index (χ3n) is 3.52. The summed E-state index contributed by atoms with van der Waals surface area (Å²) < 4.78 is 0. The largest absolute Gasteiger partial charge is 0.366 e. The van der Waals surface area contributed by atoms with E-state index in [2.05, 4.69) is 50.6 Å². The predicted octanol–water partition coefficient (Wildman–Crippen LogP) is 2.08. The summed E-state index contributed by atoms with van der Waals surface area (Å²) in [6, 6.07) is 9.94. The molecule has 2 N–H and O–H groups in total. The minimum Gasteiger partial charge on any atom is -0.366 e. The van der Waals surface area contributed by atoms with Crippen LogP contribution in [0.5, 0.6) is 0 Å². The normalized spacial score (nSPS) is 10.7. The van der Waals surface area contributed by atoms with Gasteiger partial charge < -0.3 is 15.5 Å². The maximum Gasteiger partial charge on any atom is 0.270 e. The van der Waals surface area contributed by atoms with Gasteiger partial charge in [0.05, 0.1) is 0 Å². The van der Waals surface area contributed by atoms with Crippen LogP contribution in [0, 0.1) is 6.92 Å². The summed E-state index contributed by atoms with van der Waals surface area (Å²) in [5, 5.41) is 6.11. The molecular weight excluding hydrogens is 302 g/mol. The average molecular weight is 327 g/mol. The number of hydrogen-bond acceptors (Lipinski definition) is 5. The third kappa shape index (κ3) is 5.96. The van der Waals surface area contributed by atoms with Gasteiger partial charge in [0.1, 0.15) is 17.8 Å². The molecule has 0 spiro atoms. The van der Waals surface area contributed by atoms with Crippen molar-refractivity contribution < 1.29 is 4.79 Å². The first-order valence-corrected chi connectivity index (χ1v) is 8.09. The summed E-state index contributed by atoms with van der Waals surface area (Å²) >= 11 is 0. The van der Waals surface area contributed by atoms with Gasteiger partial charge in [0.15, 0.2) is 0 Å². The minimum atomic E-state index is -0.172. The van der Waals surface area contributed by atoms with Crippen molar-refractivity contribution in [2.45, 2.75) is 19.9 Å². The van der Waals surface area contributed by atoms with E-state index < -0.39 is 0 Å². The number of carbonyl (C=O) groups excluding carboxylic acids is 1. The number of aryl methyl sites for hydroxylation is 1. The van der Waals surface area contributed by atoms with Gasteiger partial charge in [-0.2, -0.15) is 0 Å². The molecule has 0 aliphatic rings. The highest BCUT2D eigenvalue weighted by Gasteiger charge is 2.08. The molecule has 1 aromatic heterocycles. The highest BCUT2D eigenvalue weighted by molar-refractivity contribution is 5.92. The zero-order valence-electron chi connectivity index (χ0n) is 14.5. The Hall–Kier alpha value is -2.47. The number of nitrogens with zero attached hydrogens (tertiary/aromatic N) is 3. The van der Waals surface area contributed by atoms with Gasteiger partial charge in [-0.25, -0.2) is 9.97 Å². The van der Waals surface area contributed by atoms with Crippen LogP contribution in [0.15, 0.2) is 36.7 Å². The van der Waals surface area contributed by atoms with E-state index in [1.165, 1.54) is 17.5 Å². The lowest BCUT2D eigenvalue weighted by Gasteiger charge is -2.10. The first kappa shape index (κ1) is 17.9. The van der Waals surface area contributed by atoms with Crippen molar-refractivity contribution in [1.82, 2.24) is 20.2 Å². The molecule has 128 valence electrons. The molecule has 6 nitrogen and oxygen atoms in total. The maximum absolute atomic E-state index is 12.1. The lowest BCUT2D eigenvalue weighted by Crippen LogP contribution is -2.27. The van der Waals surface area contributed by atoms with Crippen molar-refractivity contribution >= 4 is 11.7 Å². The first-order valence-electron chi connectivity index (χ1n) is 8.09. The quantitative estimate of drug-likeness (QED) is 0.727. The van der Waals surface area contributed by atoms with Crippen molar-refractivity contribution in [1.29, 1.82) is 0 Å². The molecule has 0 saturated carbocycles. The van der Waals surface area contributed by atoms with E-state index in [0.717, 1.165) is 13.0 Å². The summed E-state index contributed by atoms with van der Waals surface area (Å²) in [5.41, 5.74) is 2.76. The summed E-state index contributed by atoms with van der Waals surface area (Å²) in [6.07, 6.45) is 2.32. The van der Waals surface area contributed by atoms with Crippen LogP contribution in [-0.4, -0.2) is 48.0 Å². The monoisotopic (exact) mass is 327 g/mol. The summed E-state index contributed by atoms with van der Waals surface area (Å²) in [7, 11) is 4.02. The molecule has 0 radical (unpaired) electrons. The standard InChI is InChI=1S/C18H25N5O/c1-14-6-4-7-15(10-14)12-20-17-11-16(21-13-22-17)18(24)19-8-5-9-23(2)3/h4,6-7,10-11,13H,5,8-9,12H2,1-3H3,(H,19,24)(H,20,21,22). The van der Waals surface area contributed by atoms with Crippen LogP contribution < -0.4 is 10.6 Å². The number of hydrogen-bond donors (Lipinski definition) is 2. The van der Waals surface area contributed by atoms with Gasteiger partial charge >= 0.3 is 0 Å². The molecule has 2 rings (SSSR count). The van der Waals surface area contributed by atoms with Gasteiger partial charge in [-0.1, -0.05) is 29.8 Å². The fourth-order valence-electron chi connectivity index (χ4n) is 2.28. The number of rotatable bonds is 8. The second kappa shape index (κ2) is 8.98. The van der Waals surface area contributed by atoms with Gasteiger partial charge in [-0.3, -0.25) is 4.79 Å². The fourth-order valence-corrected chi connectivity index (χ4v) is 2.28. The van der Waals surface area contributed by atoms with Crippen LogP contribution in [0.2, 0.25) is 0 Å². The molecule has 2 aromatic rings. The van der Waals surface area contributed by atoms with Gasteiger partial charge in [-0.15, -0.1) is 0 Å². The maximum atomic E-state index is 12.1. The lowest BCUT2D eigenvalue weighted by molar-refractivity contribution is 0.0947. The van der Waals surface area contributed by atoms with Crippen molar-refractivity contribution in [3.8, 4) is 0 Å². The van der Waals surface area contributed by atoms with E-state index in [-0.39, 0.29) is 5.91 Å². The molecular formula is C18H25N5O. The molecule has 1 amide bonds. The fraction of sp³-hybridized carbons (Fsp3) is 0.389. The molecule has 24 heavy (non-hydrogen) atoms. The van der Waals surface area contributed by atoms with Gasteiger partial charge in [0, 0.05) is 19.2 Å². The Balaban J connectivity index is 1.87. The molecule has 0 saturated heterocycles. The Kier molecular flexibility index (Phi) is 6.69. The number of anilines is 1. The molecule has 1 heterocycles.